The van der Waals surface area contributed by atoms with Gasteiger partial charge in [-0.2, -0.15) is 16.8 Å². The molecule has 0 bridgehead atoms. The van der Waals surface area contributed by atoms with Gasteiger partial charge in [-0.3, -0.25) is 28.3 Å². The zero-order chi connectivity index (χ0) is 79.5. The second-order valence-corrected chi connectivity index (χ2v) is 32.7. The number of rotatable bonds is 20. The van der Waals surface area contributed by atoms with Crippen molar-refractivity contribution in [2.24, 2.45) is 0 Å². The Kier molecular flexibility index (Phi) is 18.5. The van der Waals surface area contributed by atoms with Gasteiger partial charge in [-0.05, 0) is 141 Å². The largest absolute Gasteiger partial charge is 0.456 e. The van der Waals surface area contributed by atoms with Crippen LogP contribution in [0.5, 0.6) is 46.0 Å². The van der Waals surface area contributed by atoms with Crippen LogP contribution in [0.3, 0.4) is 0 Å². The summed E-state index contributed by atoms with van der Waals surface area (Å²) in [4.78, 5) is 69.6. The minimum atomic E-state index is -4.90. The first-order valence-corrected chi connectivity index (χ1v) is 40.5. The lowest BCUT2D eigenvalue weighted by Gasteiger charge is -2.35. The average Bonchev–Trinajstić information content (AvgIpc) is 0.669. The fourth-order valence-electron chi connectivity index (χ4n) is 16.3. The van der Waals surface area contributed by atoms with Crippen molar-refractivity contribution >= 4 is 98.3 Å². The van der Waals surface area contributed by atoms with Crippen LogP contribution in [-0.4, -0.2) is 49.6 Å². The van der Waals surface area contributed by atoms with Crippen molar-refractivity contribution < 1.29 is 64.1 Å². The van der Waals surface area contributed by atoms with Crippen LogP contribution in [0.25, 0.3) is 87.6 Å². The first-order chi connectivity index (χ1) is 54.8. The van der Waals surface area contributed by atoms with Crippen LogP contribution >= 0.6 is 0 Å². The maximum absolute atomic E-state index is 17.0. The molecule has 0 radical (unpaired) electrons. The molecule has 0 aromatic heterocycles. The van der Waals surface area contributed by atoms with Gasteiger partial charge in [0.15, 0.2) is 0 Å². The third kappa shape index (κ3) is 12.5. The van der Waals surface area contributed by atoms with E-state index in [-0.39, 0.29) is 135 Å². The topological polar surface area (TPSA) is 220 Å². The number of anilines is 2. The highest BCUT2D eigenvalue weighted by Crippen LogP contribution is 2.60. The Morgan fingerprint density at radius 1 is 0.246 bits per heavy atom. The number of hydrogen-bond donors (Lipinski definition) is 2. The van der Waals surface area contributed by atoms with E-state index in [0.717, 1.165) is 11.1 Å². The van der Waals surface area contributed by atoms with Crippen molar-refractivity contribution in [1.29, 1.82) is 0 Å². The predicted octanol–water partition coefficient (Wildman–Crippen LogP) is 24.2. The van der Waals surface area contributed by atoms with Gasteiger partial charge >= 0.3 is 0 Å². The summed E-state index contributed by atoms with van der Waals surface area (Å²) in [5.41, 5.74) is 7.55. The number of ether oxygens (including phenoxy) is 4. The normalized spacial score (nSPS) is 13.1. The van der Waals surface area contributed by atoms with Crippen molar-refractivity contribution in [3.63, 3.8) is 0 Å². The quantitative estimate of drug-likeness (QED) is 0.0314. The summed E-state index contributed by atoms with van der Waals surface area (Å²) in [6, 6.07) is 77.0. The lowest BCUT2D eigenvalue weighted by molar-refractivity contribution is 0.0877. The summed E-state index contributed by atoms with van der Waals surface area (Å²) in [5, 5.41) is 1.11. The Labute approximate surface area is 658 Å². The van der Waals surface area contributed by atoms with Crippen molar-refractivity contribution in [3.05, 3.63) is 311 Å². The molecule has 0 unspecified atom stereocenters. The summed E-state index contributed by atoms with van der Waals surface area (Å²) in [5.74, 6) is -3.38. The molecule has 2 aliphatic rings. The first-order valence-electron chi connectivity index (χ1n) is 37.6. The minimum Gasteiger partial charge on any atom is -0.456 e. The van der Waals surface area contributed by atoms with Crippen LogP contribution in [0, 0.1) is 0 Å². The molecule has 2 aliphatic heterocycles. The zero-order valence-corrected chi connectivity index (χ0v) is 64.9. The molecule has 564 valence electrons. The molecule has 0 aliphatic carbocycles. The Hall–Kier alpha value is -13.1. The Bertz CT molecular complexity index is 6310. The summed E-state index contributed by atoms with van der Waals surface area (Å²) < 4.78 is 106. The van der Waals surface area contributed by atoms with Gasteiger partial charge in [0.05, 0.1) is 43.4 Å². The average molecular weight is 1540 g/mol. The molecule has 0 saturated heterocycles. The highest BCUT2D eigenvalue weighted by atomic mass is 32.2. The van der Waals surface area contributed by atoms with Crippen molar-refractivity contribution in [3.8, 4) is 90.5 Å². The van der Waals surface area contributed by atoms with E-state index in [2.05, 4.69) is 0 Å². The zero-order valence-electron chi connectivity index (χ0n) is 63.2. The first kappa shape index (κ1) is 73.7. The Morgan fingerprint density at radius 3 is 0.754 bits per heavy atom. The molecule has 4 amide bonds. The number of para-hydroxylation sites is 4. The Morgan fingerprint density at radius 2 is 0.491 bits per heavy atom. The number of hydrogen-bond acceptors (Lipinski definition) is 12. The molecule has 0 spiro atoms. The lowest BCUT2D eigenvalue weighted by atomic mass is 9.80. The van der Waals surface area contributed by atoms with E-state index in [1.165, 1.54) is 46.2 Å². The van der Waals surface area contributed by atoms with Crippen molar-refractivity contribution in [2.75, 3.05) is 9.80 Å². The van der Waals surface area contributed by atoms with Crippen LogP contribution in [0.15, 0.2) is 277 Å². The summed E-state index contributed by atoms with van der Waals surface area (Å²) in [6.07, 6.45) is 0. The third-order valence-electron chi connectivity index (χ3n) is 21.5. The van der Waals surface area contributed by atoms with E-state index in [4.69, 9.17) is 18.9 Å². The summed E-state index contributed by atoms with van der Waals surface area (Å²) in [7, 11) is -9.79. The molecule has 2 N–H and O–H groups in total. The van der Waals surface area contributed by atoms with Crippen molar-refractivity contribution in [1.82, 2.24) is 0 Å². The number of fused-ring (bicyclic) bond motifs is 2. The minimum absolute atomic E-state index is 0.00119. The smallest absolute Gasteiger partial charge is 0.294 e. The molecular formula is C96H74N2O14S2. The molecule has 2 heterocycles. The Balaban J connectivity index is 1.13. The van der Waals surface area contributed by atoms with Crippen LogP contribution < -0.4 is 28.7 Å². The molecule has 15 aromatic carbocycles. The highest BCUT2D eigenvalue weighted by molar-refractivity contribution is 7.86. The molecule has 114 heavy (non-hydrogen) atoms. The van der Waals surface area contributed by atoms with Crippen LogP contribution in [-0.2, 0) is 20.2 Å². The van der Waals surface area contributed by atoms with Gasteiger partial charge in [-0.25, -0.2) is 9.80 Å². The van der Waals surface area contributed by atoms with Gasteiger partial charge in [-0.15, -0.1) is 0 Å². The van der Waals surface area contributed by atoms with Gasteiger partial charge < -0.3 is 18.9 Å². The second kappa shape index (κ2) is 28.6. The summed E-state index contributed by atoms with van der Waals surface area (Å²) >= 11 is 0. The maximum atomic E-state index is 17.0. The van der Waals surface area contributed by atoms with Crippen LogP contribution in [0.4, 0.5) is 11.4 Å². The highest BCUT2D eigenvalue weighted by Gasteiger charge is 2.45. The standard InChI is InChI=1S/C96H74N2O14S2/c1-53(2)63-37-25-38-64(54(3)4)91(63)97-93(99)71-49-79(109-75-41-23-21-35-67(75)57-27-13-9-14-28-57)85-86-80(110-76-42-24-22-36-68(76)58-29-15-10-16-30-58)50-72-84-74(96(102)98(94(72)100)92-65(55(5)6)39-26-40-66(92)56(7)8)52-82(112-78-46-44-62(114(106,107)108)48-70(78)60-33-19-12-20-34-60)88(90(84)86)87-81(51-73(95(97)101)83(71)89(85)87)111-77-45-43-61(113(103,104)105)47-69(77)59-31-17-11-18-32-59/h9-56H,1-8H3,(H,103,104,105)(H,106,107,108). The molecule has 17 rings (SSSR count). The number of carbonyl (C=O) groups excluding carboxylic acids is 4. The number of carbonyl (C=O) groups is 4. The molecule has 18 heteroatoms. The predicted molar refractivity (Wildman–Crippen MR) is 447 cm³/mol. The summed E-state index contributed by atoms with van der Waals surface area (Å²) in [6.45, 7) is 15.9. The van der Waals surface area contributed by atoms with E-state index >= 15 is 19.2 Å². The van der Waals surface area contributed by atoms with E-state index in [1.807, 2.05) is 189 Å². The van der Waals surface area contributed by atoms with Gasteiger partial charge in [0.1, 0.15) is 46.0 Å². The molecule has 15 aromatic rings. The molecule has 0 saturated carbocycles. The van der Waals surface area contributed by atoms with Gasteiger partial charge in [-0.1, -0.05) is 250 Å². The van der Waals surface area contributed by atoms with Crippen LogP contribution in [0.1, 0.15) is 143 Å². The fourth-order valence-corrected chi connectivity index (χ4v) is 17.3. The second-order valence-electron chi connectivity index (χ2n) is 29.9. The monoisotopic (exact) mass is 1540 g/mol. The SMILES string of the molecule is CC(C)c1cccc(C(C)C)c1N1C(=O)c2cc(Oc3ccccc3-c3ccccc3)c3c4c(Oc5ccccc5-c5ccccc5)cc5c6c(cc(Oc7ccc(S(=O)(=O)O)cc7-c7ccccc7)c(c7c(Oc8ccc(S(=O)(=O)O)cc8-c8ccccc8)cc(c2c37)C1=O)c64)C(=O)N(c1c(C(C)C)cccc1C(C)C)C5=O. The number of nitrogens with zero attached hydrogens (tertiary/aromatic N) is 2. The van der Waals surface area contributed by atoms with Gasteiger partial charge in [0.2, 0.25) is 0 Å². The van der Waals surface area contributed by atoms with Gasteiger partial charge in [0.25, 0.3) is 43.9 Å². The van der Waals surface area contributed by atoms with E-state index in [9.17, 15) is 25.9 Å². The van der Waals surface area contributed by atoms with E-state index in [0.29, 0.717) is 67.4 Å². The maximum Gasteiger partial charge on any atom is 0.294 e. The van der Waals surface area contributed by atoms with E-state index < -0.39 is 53.7 Å². The number of benzene rings is 15. The fraction of sp³-hybridized carbons (Fsp3) is 0.125. The molecule has 16 nitrogen and oxygen atoms in total. The number of amides is 4. The van der Waals surface area contributed by atoms with E-state index in [1.54, 1.807) is 97.1 Å². The lowest BCUT2D eigenvalue weighted by Crippen LogP contribution is -2.42. The molecular weight excluding hydrogens is 1470 g/mol. The molecule has 0 fully saturated rings. The number of imide groups is 2. The van der Waals surface area contributed by atoms with Gasteiger partial charge in [0, 0.05) is 65.3 Å². The van der Waals surface area contributed by atoms with Crippen molar-refractivity contribution in [2.45, 2.75) is 88.9 Å². The molecule has 0 atom stereocenters. The third-order valence-corrected chi connectivity index (χ3v) is 23.2. The van der Waals surface area contributed by atoms with Crippen LogP contribution in [0.2, 0.25) is 0 Å².